The van der Waals surface area contributed by atoms with Gasteiger partial charge in [-0.05, 0) is 18.6 Å². The lowest BCUT2D eigenvalue weighted by Gasteiger charge is -2.11. The van der Waals surface area contributed by atoms with Crippen molar-refractivity contribution in [2.45, 2.75) is 25.8 Å². The number of terminal acetylenes is 1. The lowest BCUT2D eigenvalue weighted by Crippen LogP contribution is -2.34. The highest BCUT2D eigenvalue weighted by atomic mass is 16.3. The van der Waals surface area contributed by atoms with E-state index >= 15 is 0 Å². The van der Waals surface area contributed by atoms with Crippen molar-refractivity contribution in [1.29, 1.82) is 0 Å². The van der Waals surface area contributed by atoms with Crippen LogP contribution in [-0.4, -0.2) is 11.9 Å². The second kappa shape index (κ2) is 6.07. The van der Waals surface area contributed by atoms with Crippen LogP contribution in [0.25, 0.3) is 11.0 Å². The SMILES string of the molecule is C#CC(CCC)NC(=O)c1cc(=O)c2ccccc2o1. The Labute approximate surface area is 116 Å². The minimum Gasteiger partial charge on any atom is -0.451 e. The summed E-state index contributed by atoms with van der Waals surface area (Å²) in [7, 11) is 0. The Kier molecular flexibility index (Phi) is 4.21. The highest BCUT2D eigenvalue weighted by Crippen LogP contribution is 2.11. The third kappa shape index (κ3) is 2.89. The van der Waals surface area contributed by atoms with Crippen molar-refractivity contribution < 1.29 is 9.21 Å². The van der Waals surface area contributed by atoms with Crippen molar-refractivity contribution in [1.82, 2.24) is 5.32 Å². The molecule has 1 heterocycles. The van der Waals surface area contributed by atoms with E-state index in [9.17, 15) is 9.59 Å². The van der Waals surface area contributed by atoms with Crippen LogP contribution >= 0.6 is 0 Å². The zero-order chi connectivity index (χ0) is 14.5. The summed E-state index contributed by atoms with van der Waals surface area (Å²) in [6.07, 6.45) is 6.89. The molecule has 1 atom stereocenters. The molecule has 2 rings (SSSR count). The number of amides is 1. The predicted octanol–water partition coefficient (Wildman–Crippen LogP) is 2.32. The smallest absolute Gasteiger partial charge is 0.288 e. The van der Waals surface area contributed by atoms with Gasteiger partial charge in [0.25, 0.3) is 5.91 Å². The fraction of sp³-hybridized carbons (Fsp3) is 0.250. The molecule has 0 aliphatic heterocycles. The summed E-state index contributed by atoms with van der Waals surface area (Å²) in [4.78, 5) is 24.0. The van der Waals surface area contributed by atoms with Crippen molar-refractivity contribution in [3.63, 3.8) is 0 Å². The Hall–Kier alpha value is -2.54. The number of hydrogen-bond donors (Lipinski definition) is 1. The zero-order valence-electron chi connectivity index (χ0n) is 11.2. The van der Waals surface area contributed by atoms with E-state index in [4.69, 9.17) is 10.8 Å². The van der Waals surface area contributed by atoms with Crippen molar-refractivity contribution in [3.05, 3.63) is 46.3 Å². The van der Waals surface area contributed by atoms with Gasteiger partial charge in [0.2, 0.25) is 0 Å². The van der Waals surface area contributed by atoms with Crippen molar-refractivity contribution in [2.75, 3.05) is 0 Å². The molecule has 0 fully saturated rings. The second-order valence-corrected chi connectivity index (χ2v) is 4.45. The zero-order valence-corrected chi connectivity index (χ0v) is 11.2. The maximum Gasteiger partial charge on any atom is 0.288 e. The van der Waals surface area contributed by atoms with Crippen molar-refractivity contribution in [2.24, 2.45) is 0 Å². The molecule has 0 spiro atoms. The summed E-state index contributed by atoms with van der Waals surface area (Å²) in [5.74, 6) is 2.01. The molecule has 4 nitrogen and oxygen atoms in total. The molecule has 0 aliphatic carbocycles. The molecule has 0 radical (unpaired) electrons. The Morgan fingerprint density at radius 1 is 1.45 bits per heavy atom. The summed E-state index contributed by atoms with van der Waals surface area (Å²) in [5.41, 5.74) is 0.141. The number of nitrogens with one attached hydrogen (secondary N) is 1. The average Bonchev–Trinajstić information content (AvgIpc) is 2.46. The number of carbonyl (C=O) groups excluding carboxylic acids is 1. The third-order valence-corrected chi connectivity index (χ3v) is 2.94. The van der Waals surface area contributed by atoms with Crippen LogP contribution in [0.5, 0.6) is 0 Å². The lowest BCUT2D eigenvalue weighted by atomic mass is 10.1. The van der Waals surface area contributed by atoms with Gasteiger partial charge < -0.3 is 9.73 Å². The molecule has 1 N–H and O–H groups in total. The molecule has 4 heteroatoms. The Morgan fingerprint density at radius 2 is 2.20 bits per heavy atom. The van der Waals surface area contributed by atoms with E-state index in [1.807, 2.05) is 6.92 Å². The van der Waals surface area contributed by atoms with Crippen LogP contribution in [0.3, 0.4) is 0 Å². The second-order valence-electron chi connectivity index (χ2n) is 4.45. The standard InChI is InChI=1S/C16H15NO3/c1-3-7-11(4-2)17-16(19)15-10-13(18)12-8-5-6-9-14(12)20-15/h2,5-6,8-11H,3,7H2,1H3,(H,17,19). The highest BCUT2D eigenvalue weighted by Gasteiger charge is 2.15. The van der Waals surface area contributed by atoms with Gasteiger partial charge in [-0.25, -0.2) is 0 Å². The molecule has 0 aliphatic rings. The third-order valence-electron chi connectivity index (χ3n) is 2.94. The largest absolute Gasteiger partial charge is 0.451 e. The van der Waals surface area contributed by atoms with Crippen LogP contribution in [0.2, 0.25) is 0 Å². The van der Waals surface area contributed by atoms with Gasteiger partial charge in [0.15, 0.2) is 11.2 Å². The molecule has 1 amide bonds. The number of hydrogen-bond acceptors (Lipinski definition) is 3. The maximum atomic E-state index is 12.0. The van der Waals surface area contributed by atoms with Gasteiger partial charge in [0.1, 0.15) is 5.58 Å². The summed E-state index contributed by atoms with van der Waals surface area (Å²) >= 11 is 0. The molecule has 0 saturated heterocycles. The van der Waals surface area contributed by atoms with E-state index in [2.05, 4.69) is 11.2 Å². The number of para-hydroxylation sites is 1. The van der Waals surface area contributed by atoms with E-state index in [-0.39, 0.29) is 17.2 Å². The van der Waals surface area contributed by atoms with E-state index in [1.165, 1.54) is 6.07 Å². The van der Waals surface area contributed by atoms with Crippen molar-refractivity contribution in [3.8, 4) is 12.3 Å². The van der Waals surface area contributed by atoms with E-state index in [0.29, 0.717) is 17.4 Å². The number of carbonyl (C=O) groups is 1. The Bertz CT molecular complexity index is 724. The number of rotatable bonds is 4. The van der Waals surface area contributed by atoms with Gasteiger partial charge in [-0.3, -0.25) is 9.59 Å². The summed E-state index contributed by atoms with van der Waals surface area (Å²) < 4.78 is 5.45. The van der Waals surface area contributed by atoms with Gasteiger partial charge >= 0.3 is 0 Å². The molecule has 20 heavy (non-hydrogen) atoms. The number of fused-ring (bicyclic) bond motifs is 1. The van der Waals surface area contributed by atoms with Crippen LogP contribution < -0.4 is 10.7 Å². The van der Waals surface area contributed by atoms with E-state index < -0.39 is 5.91 Å². The first-order valence-electron chi connectivity index (χ1n) is 6.45. The first-order chi connectivity index (χ1) is 9.65. The minimum absolute atomic E-state index is 0.0231. The first kappa shape index (κ1) is 13.9. The van der Waals surface area contributed by atoms with Gasteiger partial charge in [-0.1, -0.05) is 31.4 Å². The topological polar surface area (TPSA) is 59.3 Å². The Morgan fingerprint density at radius 3 is 2.90 bits per heavy atom. The molecule has 102 valence electrons. The predicted molar refractivity (Wildman–Crippen MR) is 77.5 cm³/mol. The molecule has 0 bridgehead atoms. The average molecular weight is 269 g/mol. The summed E-state index contributed by atoms with van der Waals surface area (Å²) in [6, 6.07) is 7.63. The Balaban J connectivity index is 2.31. The highest BCUT2D eigenvalue weighted by molar-refractivity contribution is 5.93. The van der Waals surface area contributed by atoms with Crippen LogP contribution in [0.4, 0.5) is 0 Å². The molecule has 2 aromatic rings. The first-order valence-corrected chi connectivity index (χ1v) is 6.45. The maximum absolute atomic E-state index is 12.0. The lowest BCUT2D eigenvalue weighted by molar-refractivity contribution is 0.0917. The summed E-state index contributed by atoms with van der Waals surface area (Å²) in [5, 5.41) is 3.12. The normalized spacial score (nSPS) is 11.8. The fourth-order valence-electron chi connectivity index (χ4n) is 1.93. The molecule has 1 aromatic heterocycles. The van der Waals surface area contributed by atoms with Crippen LogP contribution in [-0.2, 0) is 0 Å². The van der Waals surface area contributed by atoms with Crippen LogP contribution in [0, 0.1) is 12.3 Å². The van der Waals surface area contributed by atoms with Crippen molar-refractivity contribution >= 4 is 16.9 Å². The summed E-state index contributed by atoms with van der Waals surface area (Å²) in [6.45, 7) is 1.98. The molecule has 0 saturated carbocycles. The number of benzene rings is 1. The molecular formula is C16H15NO3. The minimum atomic E-state index is -0.468. The van der Waals surface area contributed by atoms with E-state index in [1.54, 1.807) is 24.3 Å². The molecule has 1 aromatic carbocycles. The van der Waals surface area contributed by atoms with E-state index in [0.717, 1.165) is 6.42 Å². The fourth-order valence-corrected chi connectivity index (χ4v) is 1.93. The van der Waals surface area contributed by atoms with Gasteiger partial charge in [0.05, 0.1) is 11.4 Å². The van der Waals surface area contributed by atoms with Gasteiger partial charge in [-0.2, -0.15) is 0 Å². The molecular weight excluding hydrogens is 254 g/mol. The van der Waals surface area contributed by atoms with Crippen LogP contribution in [0.1, 0.15) is 30.3 Å². The van der Waals surface area contributed by atoms with Gasteiger partial charge in [-0.15, -0.1) is 6.42 Å². The monoisotopic (exact) mass is 269 g/mol. The van der Waals surface area contributed by atoms with Crippen LogP contribution in [0.15, 0.2) is 39.5 Å². The molecule has 1 unspecified atom stereocenters. The van der Waals surface area contributed by atoms with Gasteiger partial charge in [0, 0.05) is 6.07 Å². The quantitative estimate of drug-likeness (QED) is 0.867.